The molecule has 35 heavy (non-hydrogen) atoms. The first-order valence-corrected chi connectivity index (χ1v) is 13.5. The fourth-order valence-electron chi connectivity index (χ4n) is 4.12. The normalized spacial score (nSPS) is 16.2. The van der Waals surface area contributed by atoms with Crippen LogP contribution in [0.15, 0.2) is 67.3 Å². The first kappa shape index (κ1) is 23.3. The van der Waals surface area contributed by atoms with E-state index in [2.05, 4.69) is 15.2 Å². The molecule has 1 amide bonds. The molecule has 0 bridgehead atoms. The van der Waals surface area contributed by atoms with Crippen molar-refractivity contribution in [2.45, 2.75) is 13.0 Å². The maximum Gasteiger partial charge on any atom is 0.251 e. The third-order valence-electron chi connectivity index (χ3n) is 6.07. The third-order valence-corrected chi connectivity index (χ3v) is 7.74. The second kappa shape index (κ2) is 10.0. The molecule has 1 aliphatic rings. The number of anilines is 1. The van der Waals surface area contributed by atoms with Crippen LogP contribution in [0.2, 0.25) is 0 Å². The minimum absolute atomic E-state index is 0.153. The van der Waals surface area contributed by atoms with Crippen LogP contribution in [0.4, 0.5) is 5.82 Å². The van der Waals surface area contributed by atoms with Crippen LogP contribution in [0.1, 0.15) is 16.8 Å². The molecule has 3 heterocycles. The summed E-state index contributed by atoms with van der Waals surface area (Å²) in [7, 11) is -2.53. The molecule has 2 aromatic carbocycles. The molecule has 0 spiro atoms. The number of aromatic nitrogens is 4. The third kappa shape index (κ3) is 5.45. The van der Waals surface area contributed by atoms with Gasteiger partial charge in [-0.1, -0.05) is 30.3 Å². The van der Waals surface area contributed by atoms with Crippen LogP contribution in [0.3, 0.4) is 0 Å². The average Bonchev–Trinajstić information content (AvgIpc) is 3.39. The average molecular weight is 493 g/mol. The van der Waals surface area contributed by atoms with Gasteiger partial charge in [-0.15, -0.1) is 0 Å². The van der Waals surface area contributed by atoms with E-state index in [1.807, 2.05) is 47.2 Å². The number of fused-ring (bicyclic) bond motifs is 1. The van der Waals surface area contributed by atoms with Gasteiger partial charge in [0.05, 0.1) is 28.9 Å². The summed E-state index contributed by atoms with van der Waals surface area (Å²) >= 11 is 0. The molecule has 9 nitrogen and oxygen atoms in total. The summed E-state index contributed by atoms with van der Waals surface area (Å²) in [5, 5.41) is 2.97. The number of hydrogen-bond donors (Lipinski definition) is 3. The van der Waals surface area contributed by atoms with Gasteiger partial charge in [-0.3, -0.25) is 13.9 Å². The molecule has 2 aromatic heterocycles. The molecule has 5 rings (SSSR count). The lowest BCUT2D eigenvalue weighted by Gasteiger charge is -2.41. The summed E-state index contributed by atoms with van der Waals surface area (Å²) < 4.78 is 22.1. The number of hydrogen-bond acceptors (Lipinski definition) is 7. The van der Waals surface area contributed by atoms with Gasteiger partial charge < -0.3 is 14.8 Å². The lowest BCUT2D eigenvalue weighted by atomic mass is 10.1. The molecule has 1 saturated heterocycles. The quantitative estimate of drug-likeness (QED) is 0.335. The van der Waals surface area contributed by atoms with Crippen molar-refractivity contribution in [3.63, 3.8) is 0 Å². The Morgan fingerprint density at radius 1 is 1.03 bits per heavy atom. The van der Waals surface area contributed by atoms with Crippen LogP contribution in [0, 0.1) is 0 Å². The predicted molar refractivity (Wildman–Crippen MR) is 139 cm³/mol. The largest absolute Gasteiger partial charge is 0.352 e. The van der Waals surface area contributed by atoms with E-state index in [0.29, 0.717) is 53.6 Å². The van der Waals surface area contributed by atoms with E-state index in [9.17, 15) is 13.9 Å². The van der Waals surface area contributed by atoms with Crippen molar-refractivity contribution < 1.29 is 13.9 Å². The lowest BCUT2D eigenvalue weighted by molar-refractivity contribution is 0.0953. The number of imidazole rings is 1. The molecule has 1 fully saturated rings. The van der Waals surface area contributed by atoms with Gasteiger partial charge in [-0.05, 0) is 24.6 Å². The predicted octanol–water partition coefficient (Wildman–Crippen LogP) is 3.88. The van der Waals surface area contributed by atoms with Gasteiger partial charge in [0.2, 0.25) is 0 Å². The number of benzene rings is 2. The van der Waals surface area contributed by atoms with Crippen LogP contribution in [0.5, 0.6) is 0 Å². The van der Waals surface area contributed by atoms with Crippen LogP contribution < -0.4 is 10.2 Å². The van der Waals surface area contributed by atoms with Gasteiger partial charge in [-0.25, -0.2) is 15.0 Å². The highest BCUT2D eigenvalue weighted by Crippen LogP contribution is 2.42. The molecule has 10 heteroatoms. The number of aryl methyl sites for hydroxylation is 1. The zero-order valence-corrected chi connectivity index (χ0v) is 20.1. The Morgan fingerprint density at radius 3 is 2.57 bits per heavy atom. The summed E-state index contributed by atoms with van der Waals surface area (Å²) in [5.74, 6) is 1.15. The van der Waals surface area contributed by atoms with Crippen LogP contribution in [-0.2, 0) is 6.54 Å². The summed E-state index contributed by atoms with van der Waals surface area (Å²) in [4.78, 5) is 28.6. The highest BCUT2D eigenvalue weighted by Gasteiger charge is 2.26. The summed E-state index contributed by atoms with van der Waals surface area (Å²) in [6, 6.07) is 15.2. The van der Waals surface area contributed by atoms with Gasteiger partial charge in [0, 0.05) is 49.7 Å². The number of rotatable bonds is 7. The van der Waals surface area contributed by atoms with Gasteiger partial charge >= 0.3 is 0 Å². The van der Waals surface area contributed by atoms with Gasteiger partial charge in [-0.2, -0.15) is 10.6 Å². The van der Waals surface area contributed by atoms with Crippen molar-refractivity contribution in [1.82, 2.24) is 24.8 Å². The second-order valence-corrected chi connectivity index (χ2v) is 11.0. The van der Waals surface area contributed by atoms with E-state index in [0.717, 1.165) is 24.2 Å². The molecule has 182 valence electrons. The molecule has 0 aliphatic carbocycles. The van der Waals surface area contributed by atoms with Gasteiger partial charge in [0.1, 0.15) is 5.69 Å². The fourth-order valence-corrected chi connectivity index (χ4v) is 5.35. The lowest BCUT2D eigenvalue weighted by Crippen LogP contribution is -2.39. The Hall–Kier alpha value is -3.47. The minimum atomic E-state index is -2.53. The Kier molecular flexibility index (Phi) is 6.67. The number of nitrogens with zero attached hydrogens (tertiary/aromatic N) is 5. The molecule has 4 aromatic rings. The van der Waals surface area contributed by atoms with Crippen molar-refractivity contribution in [2.24, 2.45) is 0 Å². The molecular formula is C25H28N6O3S. The molecule has 0 atom stereocenters. The summed E-state index contributed by atoms with van der Waals surface area (Å²) in [6.45, 7) is 2.31. The fraction of sp³-hybridized carbons (Fsp3) is 0.280. The van der Waals surface area contributed by atoms with Crippen molar-refractivity contribution in [3.8, 4) is 11.3 Å². The zero-order chi connectivity index (χ0) is 24.3. The van der Waals surface area contributed by atoms with E-state index in [-0.39, 0.29) is 5.91 Å². The maximum absolute atomic E-state index is 12.8. The van der Waals surface area contributed by atoms with Gasteiger partial charge in [0.15, 0.2) is 5.82 Å². The van der Waals surface area contributed by atoms with Crippen LogP contribution >= 0.6 is 10.6 Å². The van der Waals surface area contributed by atoms with Crippen molar-refractivity contribution in [1.29, 1.82) is 0 Å². The van der Waals surface area contributed by atoms with E-state index >= 15 is 0 Å². The van der Waals surface area contributed by atoms with Crippen LogP contribution in [0.25, 0.3) is 22.3 Å². The molecule has 1 aliphatic heterocycles. The number of carbonyl (C=O) groups excluding carboxylic acids is 1. The summed E-state index contributed by atoms with van der Waals surface area (Å²) in [6.07, 6.45) is 6.20. The molecule has 0 saturated carbocycles. The molecule has 0 unspecified atom stereocenters. The highest BCUT2D eigenvalue weighted by atomic mass is 32.3. The maximum atomic E-state index is 12.8. The number of nitrogens with one attached hydrogen (secondary N) is 1. The standard InChI is InChI=1S/C25H28N6O3S/c32-25(27-9-4-11-30-12-10-26-18-30)20-7-8-21-22(17-20)29-24(31-13-15-35(33,34)16-14-31)23(28-21)19-5-2-1-3-6-19/h1-3,5-8,10,12,17-18,33-34H,4,9,11,13-16H2,(H,27,32). The van der Waals surface area contributed by atoms with Crippen molar-refractivity contribution >= 4 is 33.3 Å². The molecule has 0 radical (unpaired) electrons. The highest BCUT2D eigenvalue weighted by molar-refractivity contribution is 8.24. The Bertz CT molecular complexity index is 1300. The Balaban J connectivity index is 1.40. The second-order valence-electron chi connectivity index (χ2n) is 8.57. The molecule has 3 N–H and O–H groups in total. The minimum Gasteiger partial charge on any atom is -0.352 e. The first-order valence-electron chi connectivity index (χ1n) is 11.6. The number of amides is 1. The van der Waals surface area contributed by atoms with Gasteiger partial charge in [0.25, 0.3) is 5.91 Å². The topological polar surface area (TPSA) is 116 Å². The van der Waals surface area contributed by atoms with Crippen molar-refractivity contribution in [3.05, 3.63) is 72.8 Å². The van der Waals surface area contributed by atoms with Crippen LogP contribution in [-0.4, -0.2) is 65.7 Å². The monoisotopic (exact) mass is 492 g/mol. The molecular weight excluding hydrogens is 464 g/mol. The summed E-state index contributed by atoms with van der Waals surface area (Å²) in [5.41, 5.74) is 3.54. The van der Waals surface area contributed by atoms with E-state index < -0.39 is 10.6 Å². The van der Waals surface area contributed by atoms with E-state index in [1.54, 1.807) is 24.7 Å². The van der Waals surface area contributed by atoms with E-state index in [4.69, 9.17) is 9.97 Å². The smallest absolute Gasteiger partial charge is 0.251 e. The van der Waals surface area contributed by atoms with Crippen molar-refractivity contribution in [2.75, 3.05) is 36.0 Å². The Morgan fingerprint density at radius 2 is 1.83 bits per heavy atom. The Labute approximate surface area is 205 Å². The van der Waals surface area contributed by atoms with E-state index in [1.165, 1.54) is 0 Å². The first-order chi connectivity index (χ1) is 17.0. The SMILES string of the molecule is O=C(NCCCn1ccnc1)c1ccc2nc(-c3ccccc3)c(N3CCS(O)(O)CC3)nc2c1. The zero-order valence-electron chi connectivity index (χ0n) is 19.2. The number of carbonyl (C=O) groups is 1.